The molecule has 0 amide bonds. The molecule has 2 rings (SSSR count). The summed E-state index contributed by atoms with van der Waals surface area (Å²) in [5.74, 6) is 1.67. The maximum Gasteiger partial charge on any atom is 0.192 e. The molecule has 0 aliphatic carbocycles. The SMILES string of the molecule is COc1cccc(CO)c1.COc1cccc(CO[Si](C)(C)C(C)(C)C)c1.ClCCl. The normalized spacial score (nSPS) is 10.9. The third kappa shape index (κ3) is 11.2. The molecule has 0 atom stereocenters. The third-order valence-corrected chi connectivity index (χ3v) is 9.34. The predicted octanol–water partition coefficient (Wildman–Crippen LogP) is 6.83. The third-order valence-electron chi connectivity index (χ3n) is 4.86. The highest BCUT2D eigenvalue weighted by Crippen LogP contribution is 2.37. The molecule has 0 fully saturated rings. The average Bonchev–Trinajstić information content (AvgIpc) is 2.72. The number of rotatable bonds is 6. The van der Waals surface area contributed by atoms with E-state index in [9.17, 15) is 0 Å². The molecule has 0 aliphatic heterocycles. The minimum Gasteiger partial charge on any atom is -0.497 e. The van der Waals surface area contributed by atoms with Gasteiger partial charge in [0.15, 0.2) is 8.32 Å². The van der Waals surface area contributed by atoms with Crippen molar-refractivity contribution in [2.45, 2.75) is 52.1 Å². The van der Waals surface area contributed by atoms with E-state index in [2.05, 4.69) is 39.9 Å². The Balaban J connectivity index is 0.000000546. The smallest absolute Gasteiger partial charge is 0.192 e. The van der Waals surface area contributed by atoms with Crippen LogP contribution in [0.4, 0.5) is 0 Å². The van der Waals surface area contributed by atoms with Crippen LogP contribution in [0.3, 0.4) is 0 Å². The minimum absolute atomic E-state index is 0.0667. The van der Waals surface area contributed by atoms with Gasteiger partial charge in [0, 0.05) is 0 Å². The number of aliphatic hydroxyl groups excluding tert-OH is 1. The number of alkyl halides is 2. The number of aliphatic hydroxyl groups is 1. The molecule has 0 unspecified atom stereocenters. The van der Waals surface area contributed by atoms with Gasteiger partial charge in [-0.15, -0.1) is 23.2 Å². The minimum atomic E-state index is -1.66. The van der Waals surface area contributed by atoms with Crippen molar-refractivity contribution in [3.05, 3.63) is 59.7 Å². The van der Waals surface area contributed by atoms with E-state index in [1.54, 1.807) is 20.3 Å². The zero-order chi connectivity index (χ0) is 23.2. The standard InChI is InChI=1S/C14H24O2Si.C8H10O2.CH2Cl2/c1-14(2,3)17(5,6)16-11-12-8-7-9-13(10-12)15-4;1-10-8-4-2-3-7(5-8)6-9;2-1-3/h7-10H,11H2,1-6H3;2-5,9H,6H2,1H3;1H2. The molecule has 4 nitrogen and oxygen atoms in total. The number of benzene rings is 2. The highest BCUT2D eigenvalue weighted by Gasteiger charge is 2.36. The second kappa shape index (κ2) is 14.7. The molecule has 0 spiro atoms. The second-order valence-corrected chi connectivity index (χ2v) is 13.6. The van der Waals surface area contributed by atoms with E-state index < -0.39 is 8.32 Å². The van der Waals surface area contributed by atoms with Gasteiger partial charge in [0.1, 0.15) is 11.5 Å². The van der Waals surface area contributed by atoms with Gasteiger partial charge in [0.05, 0.1) is 32.8 Å². The van der Waals surface area contributed by atoms with Gasteiger partial charge in [-0.05, 0) is 53.5 Å². The van der Waals surface area contributed by atoms with E-state index in [0.717, 1.165) is 17.1 Å². The van der Waals surface area contributed by atoms with Crippen LogP contribution in [0.1, 0.15) is 31.9 Å². The molecule has 0 aliphatic rings. The van der Waals surface area contributed by atoms with Gasteiger partial charge in [-0.25, -0.2) is 0 Å². The van der Waals surface area contributed by atoms with Gasteiger partial charge in [-0.1, -0.05) is 45.0 Å². The fourth-order valence-corrected chi connectivity index (χ4v) is 2.97. The van der Waals surface area contributed by atoms with Crippen LogP contribution in [0.25, 0.3) is 0 Å². The largest absolute Gasteiger partial charge is 0.497 e. The highest BCUT2D eigenvalue weighted by atomic mass is 35.5. The first-order valence-corrected chi connectivity index (χ1v) is 13.6. The molecule has 7 heteroatoms. The number of halogens is 2. The molecule has 0 heterocycles. The lowest BCUT2D eigenvalue weighted by Gasteiger charge is -2.36. The Bertz CT molecular complexity index is 699. The molecular weight excluding hydrogens is 439 g/mol. The van der Waals surface area contributed by atoms with Crippen LogP contribution in [0.5, 0.6) is 11.5 Å². The summed E-state index contributed by atoms with van der Waals surface area (Å²) >= 11 is 9.53. The quantitative estimate of drug-likeness (QED) is 0.368. The Hall–Kier alpha value is -1.24. The van der Waals surface area contributed by atoms with Crippen molar-refractivity contribution in [3.8, 4) is 11.5 Å². The van der Waals surface area contributed by atoms with Gasteiger partial charge in [0.25, 0.3) is 0 Å². The molecule has 0 saturated heterocycles. The topological polar surface area (TPSA) is 47.9 Å². The van der Waals surface area contributed by atoms with Crippen LogP contribution < -0.4 is 9.47 Å². The van der Waals surface area contributed by atoms with Gasteiger partial charge in [-0.3, -0.25) is 0 Å². The zero-order valence-electron chi connectivity index (χ0n) is 19.2. The van der Waals surface area contributed by atoms with Crippen molar-refractivity contribution < 1.29 is 19.0 Å². The van der Waals surface area contributed by atoms with Crippen LogP contribution in [-0.4, -0.2) is 33.0 Å². The molecule has 2 aromatic carbocycles. The van der Waals surface area contributed by atoms with Crippen molar-refractivity contribution in [2.24, 2.45) is 0 Å². The molecular formula is C23H36Cl2O4Si. The van der Waals surface area contributed by atoms with E-state index in [1.807, 2.05) is 36.4 Å². The summed E-state index contributed by atoms with van der Waals surface area (Å²) in [5, 5.41) is 9.15. The van der Waals surface area contributed by atoms with Crippen LogP contribution in [-0.2, 0) is 17.6 Å². The molecule has 0 bridgehead atoms. The van der Waals surface area contributed by atoms with Crippen molar-refractivity contribution >= 4 is 31.5 Å². The fraction of sp³-hybridized carbons (Fsp3) is 0.478. The van der Waals surface area contributed by atoms with E-state index in [-0.39, 0.29) is 17.0 Å². The summed E-state index contributed by atoms with van der Waals surface area (Å²) in [6.07, 6.45) is 0. The van der Waals surface area contributed by atoms with Gasteiger partial charge < -0.3 is 19.0 Å². The van der Waals surface area contributed by atoms with Crippen LogP contribution in [0.15, 0.2) is 48.5 Å². The van der Waals surface area contributed by atoms with E-state index in [4.69, 9.17) is 42.2 Å². The van der Waals surface area contributed by atoms with E-state index in [1.165, 1.54) is 5.56 Å². The summed E-state index contributed by atoms with van der Waals surface area (Å²) in [4.78, 5) is 0. The van der Waals surface area contributed by atoms with Crippen molar-refractivity contribution in [2.75, 3.05) is 19.6 Å². The Kier molecular flexibility index (Phi) is 14.1. The molecule has 30 heavy (non-hydrogen) atoms. The number of hydrogen-bond acceptors (Lipinski definition) is 4. The summed E-state index contributed by atoms with van der Waals surface area (Å²) in [6, 6.07) is 15.4. The van der Waals surface area contributed by atoms with Crippen molar-refractivity contribution in [3.63, 3.8) is 0 Å². The maximum absolute atomic E-state index is 8.70. The van der Waals surface area contributed by atoms with Crippen LogP contribution in [0, 0.1) is 0 Å². The first-order valence-electron chi connectivity index (χ1n) is 9.67. The Morgan fingerprint density at radius 2 is 1.30 bits per heavy atom. The molecule has 0 saturated carbocycles. The second-order valence-electron chi connectivity index (χ2n) is 8.01. The summed E-state index contributed by atoms with van der Waals surface area (Å²) in [7, 11) is 1.64. The highest BCUT2D eigenvalue weighted by molar-refractivity contribution is 6.74. The summed E-state index contributed by atoms with van der Waals surface area (Å²) in [6.45, 7) is 12.0. The van der Waals surface area contributed by atoms with Crippen LogP contribution >= 0.6 is 23.2 Å². The average molecular weight is 476 g/mol. The lowest BCUT2D eigenvalue weighted by Crippen LogP contribution is -2.40. The lowest BCUT2D eigenvalue weighted by atomic mass is 10.2. The molecule has 0 aromatic heterocycles. The summed E-state index contributed by atoms with van der Waals surface area (Å²) < 4.78 is 16.3. The van der Waals surface area contributed by atoms with Gasteiger partial charge in [-0.2, -0.15) is 0 Å². The van der Waals surface area contributed by atoms with Crippen molar-refractivity contribution in [1.82, 2.24) is 0 Å². The van der Waals surface area contributed by atoms with Crippen molar-refractivity contribution in [1.29, 1.82) is 0 Å². The lowest BCUT2D eigenvalue weighted by molar-refractivity contribution is 0.275. The van der Waals surface area contributed by atoms with E-state index in [0.29, 0.717) is 6.61 Å². The molecule has 1 N–H and O–H groups in total. The molecule has 0 radical (unpaired) electrons. The Morgan fingerprint density at radius 3 is 1.70 bits per heavy atom. The van der Waals surface area contributed by atoms with Gasteiger partial charge in [0.2, 0.25) is 0 Å². The zero-order valence-corrected chi connectivity index (χ0v) is 21.7. The first-order chi connectivity index (χ1) is 14.0. The fourth-order valence-electron chi connectivity index (χ4n) is 2.01. The maximum atomic E-state index is 8.70. The molecule has 170 valence electrons. The number of ether oxygens (including phenoxy) is 2. The Labute approximate surface area is 193 Å². The Morgan fingerprint density at radius 1 is 0.867 bits per heavy atom. The van der Waals surface area contributed by atoms with Gasteiger partial charge >= 0.3 is 0 Å². The summed E-state index contributed by atoms with van der Waals surface area (Å²) in [5.41, 5.74) is 2.05. The number of methoxy groups -OCH3 is 2. The first kappa shape index (κ1) is 28.8. The number of hydrogen-bond donors (Lipinski definition) is 1. The predicted molar refractivity (Wildman–Crippen MR) is 130 cm³/mol. The monoisotopic (exact) mass is 474 g/mol. The van der Waals surface area contributed by atoms with E-state index >= 15 is 0 Å². The molecule has 2 aromatic rings. The van der Waals surface area contributed by atoms with Crippen LogP contribution in [0.2, 0.25) is 18.1 Å².